The Morgan fingerprint density at radius 2 is 2.00 bits per heavy atom. The number of nitrogens with one attached hydrogen (secondary N) is 1. The zero-order valence-electron chi connectivity index (χ0n) is 15.0. The minimum Gasteiger partial charge on any atom is -0.480 e. The third-order valence-electron chi connectivity index (χ3n) is 4.36. The molecule has 1 N–H and O–H groups in total. The Labute approximate surface area is 143 Å². The topological polar surface area (TPSA) is 49.9 Å². The SMILES string of the molecule is COC1=C(CC(C)C)N(C)C(OC)C(c2c[nH]c3ccccc23)=N1. The van der Waals surface area contributed by atoms with E-state index < -0.39 is 0 Å². The molecule has 0 aliphatic carbocycles. The molecule has 128 valence electrons. The van der Waals surface area contributed by atoms with Crippen LogP contribution < -0.4 is 0 Å². The molecular formula is C19H25N3O2. The molecule has 0 amide bonds. The maximum Gasteiger partial charge on any atom is 0.233 e. The van der Waals surface area contributed by atoms with Gasteiger partial charge in [0.1, 0.15) is 5.71 Å². The number of hydrogen-bond donors (Lipinski definition) is 1. The smallest absolute Gasteiger partial charge is 0.233 e. The van der Waals surface area contributed by atoms with Crippen LogP contribution in [0.2, 0.25) is 0 Å². The molecule has 1 aromatic carbocycles. The fraction of sp³-hybridized carbons (Fsp3) is 0.421. The molecule has 0 saturated carbocycles. The van der Waals surface area contributed by atoms with Gasteiger partial charge in [-0.05, 0) is 18.4 Å². The highest BCUT2D eigenvalue weighted by Gasteiger charge is 2.32. The normalized spacial score (nSPS) is 18.5. The number of ether oxygens (including phenoxy) is 2. The summed E-state index contributed by atoms with van der Waals surface area (Å²) in [7, 11) is 5.43. The molecule has 1 aliphatic heterocycles. The highest BCUT2D eigenvalue weighted by molar-refractivity contribution is 6.13. The molecule has 1 unspecified atom stereocenters. The first-order valence-electron chi connectivity index (χ1n) is 8.24. The van der Waals surface area contributed by atoms with Crippen LogP contribution in [0.1, 0.15) is 25.8 Å². The summed E-state index contributed by atoms with van der Waals surface area (Å²) in [5.74, 6) is 1.18. The number of benzene rings is 1. The Bertz CT molecular complexity index is 789. The van der Waals surface area contributed by atoms with Crippen molar-refractivity contribution in [2.75, 3.05) is 21.3 Å². The highest BCUT2D eigenvalue weighted by Crippen LogP contribution is 2.30. The first-order valence-corrected chi connectivity index (χ1v) is 8.24. The lowest BCUT2D eigenvalue weighted by molar-refractivity contribution is 0.0420. The predicted molar refractivity (Wildman–Crippen MR) is 96.9 cm³/mol. The Hall–Kier alpha value is -2.27. The maximum absolute atomic E-state index is 5.78. The lowest BCUT2D eigenvalue weighted by atomic mass is 10.0. The van der Waals surface area contributed by atoms with Crippen molar-refractivity contribution >= 4 is 16.6 Å². The van der Waals surface area contributed by atoms with E-state index in [2.05, 4.69) is 35.9 Å². The van der Waals surface area contributed by atoms with Crippen LogP contribution in [-0.4, -0.2) is 43.1 Å². The van der Waals surface area contributed by atoms with Gasteiger partial charge in [-0.15, -0.1) is 0 Å². The van der Waals surface area contributed by atoms with E-state index in [0.717, 1.165) is 34.3 Å². The fourth-order valence-electron chi connectivity index (χ4n) is 3.23. The van der Waals surface area contributed by atoms with Crippen molar-refractivity contribution in [3.05, 3.63) is 47.6 Å². The number of hydrogen-bond acceptors (Lipinski definition) is 4. The summed E-state index contributed by atoms with van der Waals surface area (Å²) in [4.78, 5) is 10.3. The number of aliphatic imine (C=N–C) groups is 1. The minimum absolute atomic E-state index is 0.239. The van der Waals surface area contributed by atoms with E-state index in [0.29, 0.717) is 11.8 Å². The lowest BCUT2D eigenvalue weighted by Gasteiger charge is -2.36. The number of para-hydroxylation sites is 1. The summed E-state index contributed by atoms with van der Waals surface area (Å²) < 4.78 is 11.4. The van der Waals surface area contributed by atoms with Crippen LogP contribution in [0, 0.1) is 5.92 Å². The molecule has 1 aromatic heterocycles. The molecule has 24 heavy (non-hydrogen) atoms. The van der Waals surface area contributed by atoms with Crippen LogP contribution in [0.4, 0.5) is 0 Å². The van der Waals surface area contributed by atoms with Gasteiger partial charge in [0.15, 0.2) is 6.23 Å². The van der Waals surface area contributed by atoms with Crippen LogP contribution in [0.15, 0.2) is 47.0 Å². The molecule has 0 fully saturated rings. The van der Waals surface area contributed by atoms with Crippen molar-refractivity contribution in [1.29, 1.82) is 0 Å². The van der Waals surface area contributed by atoms with E-state index in [1.807, 2.05) is 25.4 Å². The van der Waals surface area contributed by atoms with Gasteiger partial charge in [-0.3, -0.25) is 0 Å². The monoisotopic (exact) mass is 327 g/mol. The van der Waals surface area contributed by atoms with Gasteiger partial charge in [0.05, 0.1) is 12.8 Å². The molecule has 2 aromatic rings. The Morgan fingerprint density at radius 1 is 1.25 bits per heavy atom. The molecule has 0 radical (unpaired) electrons. The first kappa shape index (κ1) is 16.6. The molecule has 3 rings (SSSR count). The van der Waals surface area contributed by atoms with Gasteiger partial charge >= 0.3 is 0 Å². The summed E-state index contributed by atoms with van der Waals surface area (Å²) in [6, 6.07) is 8.21. The van der Waals surface area contributed by atoms with Gasteiger partial charge in [0, 0.05) is 36.8 Å². The number of likely N-dealkylation sites (N-methyl/N-ethyl adjacent to an activating group) is 1. The first-order chi connectivity index (χ1) is 11.6. The van der Waals surface area contributed by atoms with Crippen LogP contribution in [0.3, 0.4) is 0 Å². The highest BCUT2D eigenvalue weighted by atomic mass is 16.5. The van der Waals surface area contributed by atoms with Crippen molar-refractivity contribution in [2.24, 2.45) is 10.9 Å². The zero-order valence-corrected chi connectivity index (χ0v) is 15.0. The molecule has 2 heterocycles. The summed E-state index contributed by atoms with van der Waals surface area (Å²) in [6.45, 7) is 4.38. The summed E-state index contributed by atoms with van der Waals surface area (Å²) >= 11 is 0. The second kappa shape index (κ2) is 6.69. The van der Waals surface area contributed by atoms with Crippen LogP contribution in [0.25, 0.3) is 10.9 Å². The van der Waals surface area contributed by atoms with Crippen molar-refractivity contribution in [2.45, 2.75) is 26.5 Å². The van der Waals surface area contributed by atoms with Crippen molar-refractivity contribution in [1.82, 2.24) is 9.88 Å². The number of nitrogens with zero attached hydrogens (tertiary/aromatic N) is 2. The minimum atomic E-state index is -0.239. The van der Waals surface area contributed by atoms with E-state index in [1.165, 1.54) is 0 Å². The summed E-state index contributed by atoms with van der Waals surface area (Å²) in [6.07, 6.45) is 2.64. The third-order valence-corrected chi connectivity index (χ3v) is 4.36. The second-order valence-corrected chi connectivity index (χ2v) is 6.50. The van der Waals surface area contributed by atoms with Gasteiger partial charge in [0.2, 0.25) is 5.88 Å². The molecule has 5 nitrogen and oxygen atoms in total. The Balaban J connectivity index is 2.14. The van der Waals surface area contributed by atoms with Gasteiger partial charge in [-0.25, -0.2) is 4.99 Å². The number of allylic oxidation sites excluding steroid dienone is 1. The zero-order chi connectivity index (χ0) is 17.3. The average molecular weight is 327 g/mol. The van der Waals surface area contributed by atoms with Crippen molar-refractivity contribution in [3.8, 4) is 0 Å². The van der Waals surface area contributed by atoms with Gasteiger partial charge < -0.3 is 19.4 Å². The van der Waals surface area contributed by atoms with Gasteiger partial charge in [-0.1, -0.05) is 32.0 Å². The predicted octanol–water partition coefficient (Wildman–Crippen LogP) is 3.74. The third kappa shape index (κ3) is 2.80. The van der Waals surface area contributed by atoms with Gasteiger partial charge in [0.25, 0.3) is 0 Å². The molecule has 0 bridgehead atoms. The fourth-order valence-corrected chi connectivity index (χ4v) is 3.23. The number of methoxy groups -OCH3 is 2. The van der Waals surface area contributed by atoms with Crippen molar-refractivity contribution < 1.29 is 9.47 Å². The number of H-pyrrole nitrogens is 1. The van der Waals surface area contributed by atoms with E-state index >= 15 is 0 Å². The van der Waals surface area contributed by atoms with E-state index in [-0.39, 0.29) is 6.23 Å². The molecule has 0 saturated heterocycles. The molecule has 0 spiro atoms. The quantitative estimate of drug-likeness (QED) is 0.910. The number of rotatable bonds is 5. The van der Waals surface area contributed by atoms with E-state index in [1.54, 1.807) is 14.2 Å². The van der Waals surface area contributed by atoms with E-state index in [9.17, 15) is 0 Å². The number of aromatic amines is 1. The summed E-state index contributed by atoms with van der Waals surface area (Å²) in [5, 5.41) is 1.13. The molecule has 1 aliphatic rings. The molecular weight excluding hydrogens is 302 g/mol. The van der Waals surface area contributed by atoms with Gasteiger partial charge in [-0.2, -0.15) is 0 Å². The Morgan fingerprint density at radius 3 is 2.67 bits per heavy atom. The molecule has 5 heteroatoms. The van der Waals surface area contributed by atoms with E-state index in [4.69, 9.17) is 14.5 Å². The summed E-state index contributed by atoms with van der Waals surface area (Å²) in [5.41, 5.74) is 4.07. The van der Waals surface area contributed by atoms with Crippen LogP contribution >= 0.6 is 0 Å². The number of aromatic nitrogens is 1. The van der Waals surface area contributed by atoms with Crippen LogP contribution in [0.5, 0.6) is 0 Å². The Kier molecular flexibility index (Phi) is 4.62. The largest absolute Gasteiger partial charge is 0.480 e. The average Bonchev–Trinajstić information content (AvgIpc) is 3.00. The second-order valence-electron chi connectivity index (χ2n) is 6.50. The van der Waals surface area contributed by atoms with Crippen LogP contribution in [-0.2, 0) is 9.47 Å². The molecule has 1 atom stereocenters. The lowest BCUT2D eigenvalue weighted by Crippen LogP contribution is -2.43. The standard InChI is InChI=1S/C19H25N3O2/c1-12(2)10-16-18(23-4)21-17(19(24-5)22(16)3)14-11-20-15-9-7-6-8-13(14)15/h6-9,11-12,19-20H,10H2,1-5H3. The maximum atomic E-state index is 5.78. The number of fused-ring (bicyclic) bond motifs is 1. The van der Waals surface area contributed by atoms with Crippen molar-refractivity contribution in [3.63, 3.8) is 0 Å².